The lowest BCUT2D eigenvalue weighted by Gasteiger charge is -2.16. The molecule has 2 amide bonds. The normalized spacial score (nSPS) is 17.8. The van der Waals surface area contributed by atoms with E-state index in [1.165, 1.54) is 17.0 Å². The molecule has 0 aromatic heterocycles. The molecule has 1 atom stereocenters. The van der Waals surface area contributed by atoms with Crippen LogP contribution in [-0.2, 0) is 11.2 Å². The van der Waals surface area contributed by atoms with Crippen molar-refractivity contribution in [1.82, 2.24) is 10.2 Å². The second-order valence-corrected chi connectivity index (χ2v) is 4.96. The molecular weight excluding hydrogens is 282 g/mol. The Labute approximate surface area is 120 Å². The Kier molecular flexibility index (Phi) is 4.72. The van der Waals surface area contributed by atoms with E-state index in [4.69, 9.17) is 5.11 Å². The lowest BCUT2D eigenvalue weighted by molar-refractivity contribution is -0.141. The minimum atomic E-state index is -0.914. The zero-order chi connectivity index (χ0) is 15.4. The van der Waals surface area contributed by atoms with Gasteiger partial charge >= 0.3 is 12.0 Å². The fourth-order valence-electron chi connectivity index (χ4n) is 2.30. The molecule has 2 rings (SSSR count). The van der Waals surface area contributed by atoms with E-state index in [2.05, 4.69) is 5.32 Å². The van der Waals surface area contributed by atoms with Crippen molar-refractivity contribution >= 4 is 12.0 Å². The third kappa shape index (κ3) is 3.68. The summed E-state index contributed by atoms with van der Waals surface area (Å²) in [4.78, 5) is 24.0. The molecule has 1 saturated heterocycles. The Balaban J connectivity index is 1.80. The highest BCUT2D eigenvalue weighted by Gasteiger charge is 2.30. The third-order valence-electron chi connectivity index (χ3n) is 3.53. The Morgan fingerprint density at radius 3 is 2.81 bits per heavy atom. The number of hydrogen-bond acceptors (Lipinski definition) is 2. The fourth-order valence-corrected chi connectivity index (χ4v) is 2.30. The van der Waals surface area contributed by atoms with E-state index in [0.717, 1.165) is 6.07 Å². The molecule has 1 aliphatic rings. The zero-order valence-electron chi connectivity index (χ0n) is 11.3. The van der Waals surface area contributed by atoms with Gasteiger partial charge in [0, 0.05) is 19.6 Å². The molecule has 2 N–H and O–H groups in total. The summed E-state index contributed by atoms with van der Waals surface area (Å²) < 4.78 is 26.4. The molecule has 7 heteroatoms. The number of rotatable bonds is 4. The monoisotopic (exact) mass is 298 g/mol. The maximum Gasteiger partial charge on any atom is 0.317 e. The summed E-state index contributed by atoms with van der Waals surface area (Å²) in [5.41, 5.74) is 0.195. The van der Waals surface area contributed by atoms with Gasteiger partial charge in [0.2, 0.25) is 0 Å². The van der Waals surface area contributed by atoms with Gasteiger partial charge < -0.3 is 15.3 Å². The maximum absolute atomic E-state index is 13.4. The number of carboxylic acid groups (broad SMARTS) is 1. The lowest BCUT2D eigenvalue weighted by atomic mass is 10.1. The molecule has 1 aromatic carbocycles. The zero-order valence-corrected chi connectivity index (χ0v) is 11.3. The molecule has 114 valence electrons. The van der Waals surface area contributed by atoms with Gasteiger partial charge in [-0.05, 0) is 24.5 Å². The van der Waals surface area contributed by atoms with Crippen molar-refractivity contribution in [2.75, 3.05) is 19.6 Å². The molecule has 5 nitrogen and oxygen atoms in total. The minimum absolute atomic E-state index is 0.160. The first-order chi connectivity index (χ1) is 9.99. The average Bonchev–Trinajstić information content (AvgIpc) is 2.93. The number of hydrogen-bond donors (Lipinski definition) is 2. The van der Waals surface area contributed by atoms with Crippen LogP contribution in [0, 0.1) is 17.6 Å². The molecule has 1 heterocycles. The predicted octanol–water partition coefficient (Wildman–Crippen LogP) is 1.62. The number of urea groups is 1. The number of carboxylic acids is 1. The number of halogens is 2. The number of benzene rings is 1. The predicted molar refractivity (Wildman–Crippen MR) is 70.8 cm³/mol. The van der Waals surface area contributed by atoms with Crippen LogP contribution in [0.1, 0.15) is 12.0 Å². The van der Waals surface area contributed by atoms with Gasteiger partial charge in [-0.3, -0.25) is 4.79 Å². The van der Waals surface area contributed by atoms with Gasteiger partial charge in [-0.2, -0.15) is 0 Å². The standard InChI is InChI=1S/C14H16F2N2O3/c15-11-3-1-2-9(12(11)16)4-6-17-14(21)18-7-5-10(8-18)13(19)20/h1-3,10H,4-8H2,(H,17,21)(H,19,20). The molecule has 1 aliphatic heterocycles. The highest BCUT2D eigenvalue weighted by molar-refractivity contribution is 5.77. The van der Waals surface area contributed by atoms with Crippen molar-refractivity contribution in [3.8, 4) is 0 Å². The van der Waals surface area contributed by atoms with Crippen LogP contribution in [0.15, 0.2) is 18.2 Å². The van der Waals surface area contributed by atoms with Gasteiger partial charge in [-0.25, -0.2) is 13.6 Å². The summed E-state index contributed by atoms with van der Waals surface area (Å²) in [6, 6.07) is 3.53. The first-order valence-corrected chi connectivity index (χ1v) is 6.67. The number of aliphatic carboxylic acids is 1. The summed E-state index contributed by atoms with van der Waals surface area (Å²) in [6.45, 7) is 0.722. The summed E-state index contributed by atoms with van der Waals surface area (Å²) in [6.07, 6.45) is 0.604. The molecule has 0 spiro atoms. The van der Waals surface area contributed by atoms with Crippen LogP contribution >= 0.6 is 0 Å². The number of likely N-dealkylation sites (tertiary alicyclic amines) is 1. The van der Waals surface area contributed by atoms with E-state index in [0.29, 0.717) is 13.0 Å². The second kappa shape index (κ2) is 6.51. The van der Waals surface area contributed by atoms with Crippen molar-refractivity contribution < 1.29 is 23.5 Å². The summed E-state index contributed by atoms with van der Waals surface area (Å²) in [7, 11) is 0. The number of nitrogens with one attached hydrogen (secondary N) is 1. The van der Waals surface area contributed by atoms with E-state index in [-0.39, 0.29) is 31.1 Å². The molecule has 0 aliphatic carbocycles. The highest BCUT2D eigenvalue weighted by Crippen LogP contribution is 2.16. The van der Waals surface area contributed by atoms with Crippen LogP contribution in [0.5, 0.6) is 0 Å². The molecule has 0 bridgehead atoms. The summed E-state index contributed by atoms with van der Waals surface area (Å²) >= 11 is 0. The first-order valence-electron chi connectivity index (χ1n) is 6.67. The topological polar surface area (TPSA) is 69.6 Å². The van der Waals surface area contributed by atoms with Gasteiger partial charge in [0.1, 0.15) is 0 Å². The Morgan fingerprint density at radius 2 is 2.14 bits per heavy atom. The summed E-state index contributed by atoms with van der Waals surface area (Å²) in [5, 5.41) is 11.4. The molecular formula is C14H16F2N2O3. The highest BCUT2D eigenvalue weighted by atomic mass is 19.2. The van der Waals surface area contributed by atoms with Gasteiger partial charge in [-0.15, -0.1) is 0 Å². The van der Waals surface area contributed by atoms with Gasteiger partial charge in [0.25, 0.3) is 0 Å². The average molecular weight is 298 g/mol. The van der Waals surface area contributed by atoms with Crippen molar-refractivity contribution in [3.05, 3.63) is 35.4 Å². The Morgan fingerprint density at radius 1 is 1.38 bits per heavy atom. The van der Waals surface area contributed by atoms with Crippen LogP contribution < -0.4 is 5.32 Å². The largest absolute Gasteiger partial charge is 0.481 e. The van der Waals surface area contributed by atoms with Crippen LogP contribution in [0.4, 0.5) is 13.6 Å². The Bertz CT molecular complexity index is 551. The van der Waals surface area contributed by atoms with Gasteiger partial charge in [0.15, 0.2) is 11.6 Å². The Hall–Kier alpha value is -2.18. The number of amides is 2. The van der Waals surface area contributed by atoms with Crippen LogP contribution in [0.2, 0.25) is 0 Å². The third-order valence-corrected chi connectivity index (χ3v) is 3.53. The van der Waals surface area contributed by atoms with Crippen molar-refractivity contribution in [2.45, 2.75) is 12.8 Å². The molecule has 0 saturated carbocycles. The van der Waals surface area contributed by atoms with Crippen molar-refractivity contribution in [2.24, 2.45) is 5.92 Å². The van der Waals surface area contributed by atoms with E-state index in [1.807, 2.05) is 0 Å². The van der Waals surface area contributed by atoms with E-state index in [1.54, 1.807) is 0 Å². The second-order valence-electron chi connectivity index (χ2n) is 4.96. The minimum Gasteiger partial charge on any atom is -0.481 e. The molecule has 21 heavy (non-hydrogen) atoms. The lowest BCUT2D eigenvalue weighted by Crippen LogP contribution is -2.39. The van der Waals surface area contributed by atoms with Crippen molar-refractivity contribution in [3.63, 3.8) is 0 Å². The number of carbonyl (C=O) groups excluding carboxylic acids is 1. The molecule has 1 unspecified atom stereocenters. The fraction of sp³-hybridized carbons (Fsp3) is 0.429. The van der Waals surface area contributed by atoms with Crippen LogP contribution in [0.25, 0.3) is 0 Å². The molecule has 1 aromatic rings. The first kappa shape index (κ1) is 15.2. The van der Waals surface area contributed by atoms with Gasteiger partial charge in [-0.1, -0.05) is 12.1 Å². The smallest absolute Gasteiger partial charge is 0.317 e. The summed E-state index contributed by atoms with van der Waals surface area (Å²) in [5.74, 6) is -3.26. The molecule has 1 fully saturated rings. The van der Waals surface area contributed by atoms with Crippen LogP contribution in [-0.4, -0.2) is 41.6 Å². The quantitative estimate of drug-likeness (QED) is 0.887. The molecule has 0 radical (unpaired) electrons. The maximum atomic E-state index is 13.4. The van der Waals surface area contributed by atoms with Gasteiger partial charge in [0.05, 0.1) is 5.92 Å². The number of nitrogens with zero attached hydrogens (tertiary/aromatic N) is 1. The van der Waals surface area contributed by atoms with E-state index < -0.39 is 23.5 Å². The number of carbonyl (C=O) groups is 2. The SMILES string of the molecule is O=C(O)C1CCN(C(=O)NCCc2cccc(F)c2F)C1. The van der Waals surface area contributed by atoms with E-state index >= 15 is 0 Å². The van der Waals surface area contributed by atoms with Crippen LogP contribution in [0.3, 0.4) is 0 Å². The van der Waals surface area contributed by atoms with E-state index in [9.17, 15) is 18.4 Å². The van der Waals surface area contributed by atoms with Crippen molar-refractivity contribution in [1.29, 1.82) is 0 Å².